The van der Waals surface area contributed by atoms with Crippen molar-refractivity contribution >= 4 is 17.7 Å². The normalized spacial score (nSPS) is 11.2. The Hall–Kier alpha value is -1.16. The average Bonchev–Trinajstić information content (AvgIpc) is 2.34. The first-order valence-electron chi connectivity index (χ1n) is 6.88. The molecular weight excluding hydrogens is 270 g/mol. The van der Waals surface area contributed by atoms with Gasteiger partial charge < -0.3 is 10.1 Å². The van der Waals surface area contributed by atoms with Crippen molar-refractivity contribution < 1.29 is 9.53 Å². The molecule has 0 radical (unpaired) electrons. The third-order valence-corrected chi connectivity index (χ3v) is 3.94. The number of benzene rings is 1. The van der Waals surface area contributed by atoms with Crippen LogP contribution < -0.4 is 10.1 Å². The summed E-state index contributed by atoms with van der Waals surface area (Å²) in [6.07, 6.45) is 0. The first kappa shape index (κ1) is 16.9. The molecule has 0 saturated carbocycles. The van der Waals surface area contributed by atoms with Gasteiger partial charge in [-0.25, -0.2) is 0 Å². The zero-order valence-corrected chi connectivity index (χ0v) is 13.9. The Morgan fingerprint density at radius 3 is 2.65 bits per heavy atom. The largest absolute Gasteiger partial charge is 0.483 e. The van der Waals surface area contributed by atoms with E-state index in [1.807, 2.05) is 43.8 Å². The Balaban J connectivity index is 2.28. The van der Waals surface area contributed by atoms with E-state index in [4.69, 9.17) is 4.74 Å². The summed E-state index contributed by atoms with van der Waals surface area (Å²) in [6, 6.07) is 5.99. The van der Waals surface area contributed by atoms with Crippen molar-refractivity contribution in [1.82, 2.24) is 5.32 Å². The third-order valence-electron chi connectivity index (χ3n) is 2.66. The van der Waals surface area contributed by atoms with E-state index in [0.29, 0.717) is 6.54 Å². The fourth-order valence-electron chi connectivity index (χ4n) is 1.60. The van der Waals surface area contributed by atoms with Crippen LogP contribution in [0, 0.1) is 13.8 Å². The quantitative estimate of drug-likeness (QED) is 0.818. The Labute approximate surface area is 126 Å². The Bertz CT molecular complexity index is 452. The van der Waals surface area contributed by atoms with Crippen LogP contribution in [0.2, 0.25) is 0 Å². The van der Waals surface area contributed by atoms with Crippen molar-refractivity contribution in [1.29, 1.82) is 0 Å². The summed E-state index contributed by atoms with van der Waals surface area (Å²) >= 11 is 1.84. The van der Waals surface area contributed by atoms with Gasteiger partial charge in [0, 0.05) is 17.0 Å². The SMILES string of the molecule is Cc1ccc(C)c(OCC(=O)NCCSC(C)(C)C)c1. The number of hydrogen-bond acceptors (Lipinski definition) is 3. The lowest BCUT2D eigenvalue weighted by Crippen LogP contribution is -2.31. The highest BCUT2D eigenvalue weighted by Gasteiger charge is 2.10. The van der Waals surface area contributed by atoms with E-state index in [0.717, 1.165) is 22.6 Å². The van der Waals surface area contributed by atoms with Crippen LogP contribution in [-0.4, -0.2) is 29.6 Å². The van der Waals surface area contributed by atoms with Crippen LogP contribution in [-0.2, 0) is 4.79 Å². The van der Waals surface area contributed by atoms with Gasteiger partial charge in [-0.3, -0.25) is 4.79 Å². The summed E-state index contributed by atoms with van der Waals surface area (Å²) in [5, 5.41) is 2.87. The summed E-state index contributed by atoms with van der Waals surface area (Å²) in [5.41, 5.74) is 2.18. The van der Waals surface area contributed by atoms with Crippen LogP contribution in [0.1, 0.15) is 31.9 Å². The smallest absolute Gasteiger partial charge is 0.257 e. The molecule has 1 aromatic carbocycles. The van der Waals surface area contributed by atoms with E-state index in [1.54, 1.807) is 0 Å². The monoisotopic (exact) mass is 295 g/mol. The van der Waals surface area contributed by atoms with E-state index in [2.05, 4.69) is 26.1 Å². The van der Waals surface area contributed by atoms with Crippen molar-refractivity contribution in [3.63, 3.8) is 0 Å². The maximum atomic E-state index is 11.7. The molecule has 0 fully saturated rings. The Morgan fingerprint density at radius 1 is 1.30 bits per heavy atom. The summed E-state index contributed by atoms with van der Waals surface area (Å²) in [6.45, 7) is 11.2. The molecule has 0 heterocycles. The highest BCUT2D eigenvalue weighted by Crippen LogP contribution is 2.22. The molecule has 0 aromatic heterocycles. The highest BCUT2D eigenvalue weighted by molar-refractivity contribution is 8.00. The highest BCUT2D eigenvalue weighted by atomic mass is 32.2. The van der Waals surface area contributed by atoms with E-state index >= 15 is 0 Å². The number of nitrogens with one attached hydrogen (secondary N) is 1. The molecule has 112 valence electrons. The molecular formula is C16H25NO2S. The maximum Gasteiger partial charge on any atom is 0.257 e. The molecule has 0 aliphatic rings. The van der Waals surface area contributed by atoms with Gasteiger partial charge in [0.05, 0.1) is 0 Å². The van der Waals surface area contributed by atoms with Crippen LogP contribution in [0.25, 0.3) is 0 Å². The summed E-state index contributed by atoms with van der Waals surface area (Å²) < 4.78 is 5.79. The van der Waals surface area contributed by atoms with Crippen molar-refractivity contribution in [3.8, 4) is 5.75 Å². The predicted octanol–water partition coefficient (Wildman–Crippen LogP) is 3.33. The van der Waals surface area contributed by atoms with Gasteiger partial charge in [0.15, 0.2) is 6.61 Å². The molecule has 1 rings (SSSR count). The number of hydrogen-bond donors (Lipinski definition) is 1. The number of aryl methyl sites for hydroxylation is 2. The molecule has 0 unspecified atom stereocenters. The van der Waals surface area contributed by atoms with Crippen LogP contribution in [0.4, 0.5) is 0 Å². The van der Waals surface area contributed by atoms with Gasteiger partial charge in [-0.15, -0.1) is 0 Å². The maximum absolute atomic E-state index is 11.7. The molecule has 3 nitrogen and oxygen atoms in total. The van der Waals surface area contributed by atoms with Gasteiger partial charge in [-0.05, 0) is 31.0 Å². The van der Waals surface area contributed by atoms with E-state index in [9.17, 15) is 4.79 Å². The van der Waals surface area contributed by atoms with Crippen LogP contribution in [0.15, 0.2) is 18.2 Å². The lowest BCUT2D eigenvalue weighted by Gasteiger charge is -2.17. The fraction of sp³-hybridized carbons (Fsp3) is 0.562. The van der Waals surface area contributed by atoms with Gasteiger partial charge in [0.2, 0.25) is 0 Å². The zero-order chi connectivity index (χ0) is 15.2. The molecule has 0 spiro atoms. The van der Waals surface area contributed by atoms with Crippen molar-refractivity contribution in [2.45, 2.75) is 39.4 Å². The van der Waals surface area contributed by atoms with Crippen LogP contribution >= 0.6 is 11.8 Å². The minimum atomic E-state index is -0.0691. The molecule has 0 saturated heterocycles. The van der Waals surface area contributed by atoms with Gasteiger partial charge >= 0.3 is 0 Å². The number of thioether (sulfide) groups is 1. The molecule has 1 aromatic rings. The Kier molecular flexibility index (Phi) is 6.40. The number of carbonyl (C=O) groups excluding carboxylic acids is 1. The molecule has 0 atom stereocenters. The van der Waals surface area contributed by atoms with Crippen LogP contribution in [0.5, 0.6) is 5.75 Å². The van der Waals surface area contributed by atoms with E-state index in [1.165, 1.54) is 0 Å². The lowest BCUT2D eigenvalue weighted by molar-refractivity contribution is -0.122. The molecule has 1 amide bonds. The molecule has 20 heavy (non-hydrogen) atoms. The molecule has 0 aliphatic carbocycles. The number of rotatable bonds is 6. The Morgan fingerprint density at radius 2 is 2.00 bits per heavy atom. The second-order valence-electron chi connectivity index (χ2n) is 5.87. The summed E-state index contributed by atoms with van der Waals surface area (Å²) in [4.78, 5) is 11.7. The number of carbonyl (C=O) groups is 1. The fourth-order valence-corrected chi connectivity index (χ4v) is 2.42. The zero-order valence-electron chi connectivity index (χ0n) is 13.1. The van der Waals surface area contributed by atoms with Gasteiger partial charge in [-0.1, -0.05) is 32.9 Å². The second-order valence-corrected chi connectivity index (χ2v) is 7.79. The topological polar surface area (TPSA) is 38.3 Å². The molecule has 4 heteroatoms. The summed E-state index contributed by atoms with van der Waals surface area (Å²) in [7, 11) is 0. The van der Waals surface area contributed by atoms with Crippen molar-refractivity contribution in [2.24, 2.45) is 0 Å². The standard InChI is InChI=1S/C16H25NO2S/c1-12-6-7-13(2)14(10-12)19-11-15(18)17-8-9-20-16(3,4)5/h6-7,10H,8-9,11H2,1-5H3,(H,17,18). The lowest BCUT2D eigenvalue weighted by atomic mass is 10.1. The van der Waals surface area contributed by atoms with E-state index in [-0.39, 0.29) is 17.3 Å². The van der Waals surface area contributed by atoms with Crippen LogP contribution in [0.3, 0.4) is 0 Å². The summed E-state index contributed by atoms with van der Waals surface area (Å²) in [5.74, 6) is 1.63. The third kappa shape index (κ3) is 6.85. The number of amides is 1. The van der Waals surface area contributed by atoms with Crippen molar-refractivity contribution in [2.75, 3.05) is 18.9 Å². The second kappa shape index (κ2) is 7.58. The first-order chi connectivity index (χ1) is 9.28. The first-order valence-corrected chi connectivity index (χ1v) is 7.87. The van der Waals surface area contributed by atoms with Gasteiger partial charge in [0.25, 0.3) is 5.91 Å². The van der Waals surface area contributed by atoms with E-state index < -0.39 is 0 Å². The molecule has 0 bridgehead atoms. The molecule has 1 N–H and O–H groups in total. The van der Waals surface area contributed by atoms with Gasteiger partial charge in [-0.2, -0.15) is 11.8 Å². The number of ether oxygens (including phenoxy) is 1. The average molecular weight is 295 g/mol. The minimum absolute atomic E-state index is 0.0691. The van der Waals surface area contributed by atoms with Crippen molar-refractivity contribution in [3.05, 3.63) is 29.3 Å². The predicted molar refractivity (Wildman–Crippen MR) is 86.6 cm³/mol. The molecule has 0 aliphatic heterocycles. The minimum Gasteiger partial charge on any atom is -0.483 e. The van der Waals surface area contributed by atoms with Gasteiger partial charge in [0.1, 0.15) is 5.75 Å².